The van der Waals surface area contributed by atoms with Gasteiger partial charge in [0.15, 0.2) is 5.69 Å². The van der Waals surface area contributed by atoms with E-state index in [9.17, 15) is 9.90 Å². The summed E-state index contributed by atoms with van der Waals surface area (Å²) in [5, 5.41) is 9.63. The van der Waals surface area contributed by atoms with Crippen LogP contribution in [-0.2, 0) is 0 Å². The monoisotopic (exact) mass is 312 g/mol. The molecule has 6 nitrogen and oxygen atoms in total. The van der Waals surface area contributed by atoms with Crippen molar-refractivity contribution < 1.29 is 9.90 Å². The number of aliphatic hydroxyl groups excluding tert-OH is 1. The second-order valence-corrected chi connectivity index (χ2v) is 5.59. The van der Waals surface area contributed by atoms with Gasteiger partial charge < -0.3 is 10.0 Å². The molecule has 2 rings (SSSR count). The molecule has 0 spiro atoms. The van der Waals surface area contributed by atoms with Crippen molar-refractivity contribution in [3.8, 4) is 0 Å². The fourth-order valence-electron chi connectivity index (χ4n) is 2.55. The third-order valence-corrected chi connectivity index (χ3v) is 4.14. The number of aromatic nitrogens is 2. The second-order valence-electron chi connectivity index (χ2n) is 5.19. The number of amides is 1. The molecule has 1 fully saturated rings. The van der Waals surface area contributed by atoms with Crippen LogP contribution in [-0.4, -0.2) is 69.6 Å². The molecule has 0 radical (unpaired) electrons. The molecule has 1 atom stereocenters. The molecular formula is C14H21ClN4O2. The van der Waals surface area contributed by atoms with Crippen LogP contribution in [0.25, 0.3) is 0 Å². The van der Waals surface area contributed by atoms with Gasteiger partial charge in [-0.1, -0.05) is 18.5 Å². The molecule has 1 aromatic heterocycles. The van der Waals surface area contributed by atoms with Crippen molar-refractivity contribution >= 4 is 17.5 Å². The molecule has 0 saturated carbocycles. The highest BCUT2D eigenvalue weighted by molar-refractivity contribution is 6.33. The molecule has 0 aliphatic carbocycles. The Balaban J connectivity index is 2.02. The van der Waals surface area contributed by atoms with Crippen molar-refractivity contribution in [2.24, 2.45) is 0 Å². The number of hydrogen-bond donors (Lipinski definition) is 1. The van der Waals surface area contributed by atoms with Crippen LogP contribution in [0.2, 0.25) is 5.02 Å². The zero-order chi connectivity index (χ0) is 15.4. The molecule has 1 N–H and O–H groups in total. The Hall–Kier alpha value is -1.24. The molecule has 2 heterocycles. The topological polar surface area (TPSA) is 69.6 Å². The van der Waals surface area contributed by atoms with Crippen molar-refractivity contribution in [1.82, 2.24) is 19.8 Å². The summed E-state index contributed by atoms with van der Waals surface area (Å²) in [6, 6.07) is 0.173. The third kappa shape index (κ3) is 3.70. The maximum Gasteiger partial charge on any atom is 0.274 e. The molecule has 1 saturated heterocycles. The molecule has 1 amide bonds. The molecule has 7 heteroatoms. The molecule has 1 unspecified atom stereocenters. The van der Waals surface area contributed by atoms with E-state index in [0.717, 1.165) is 19.5 Å². The first-order valence-electron chi connectivity index (χ1n) is 7.20. The SMILES string of the molecule is CCC(CO)N1CCN(C(=O)c2nc(C)ncc2Cl)CC1. The Morgan fingerprint density at radius 3 is 2.67 bits per heavy atom. The van der Waals surface area contributed by atoms with Crippen LogP contribution in [0.5, 0.6) is 0 Å². The maximum absolute atomic E-state index is 12.5. The van der Waals surface area contributed by atoms with Gasteiger partial charge in [-0.25, -0.2) is 9.97 Å². The Kier molecular flexibility index (Phi) is 5.50. The summed E-state index contributed by atoms with van der Waals surface area (Å²) < 4.78 is 0. The van der Waals surface area contributed by atoms with E-state index < -0.39 is 0 Å². The smallest absolute Gasteiger partial charge is 0.274 e. The molecular weight excluding hydrogens is 292 g/mol. The van der Waals surface area contributed by atoms with Crippen molar-refractivity contribution in [2.45, 2.75) is 26.3 Å². The predicted molar refractivity (Wildman–Crippen MR) is 80.4 cm³/mol. The van der Waals surface area contributed by atoms with Crippen LogP contribution in [0.1, 0.15) is 29.7 Å². The van der Waals surface area contributed by atoms with Crippen LogP contribution in [0.3, 0.4) is 0 Å². The first kappa shape index (κ1) is 16.1. The fraction of sp³-hybridized carbons (Fsp3) is 0.643. The van der Waals surface area contributed by atoms with Crippen LogP contribution in [0.15, 0.2) is 6.20 Å². The molecule has 1 aliphatic rings. The zero-order valence-corrected chi connectivity index (χ0v) is 13.2. The number of aryl methyl sites for hydroxylation is 1. The number of halogens is 1. The largest absolute Gasteiger partial charge is 0.395 e. The standard InChI is InChI=1S/C14H21ClN4O2/c1-3-11(9-20)18-4-6-19(7-5-18)14(21)13-12(15)8-16-10(2)17-13/h8,11,20H,3-7,9H2,1-2H3. The van der Waals surface area contributed by atoms with E-state index in [4.69, 9.17) is 11.6 Å². The summed E-state index contributed by atoms with van der Waals surface area (Å²) in [4.78, 5) is 24.6. The van der Waals surface area contributed by atoms with Crippen LogP contribution in [0.4, 0.5) is 0 Å². The number of nitrogens with zero attached hydrogens (tertiary/aromatic N) is 4. The van der Waals surface area contributed by atoms with E-state index in [0.29, 0.717) is 18.9 Å². The van der Waals surface area contributed by atoms with Gasteiger partial charge >= 0.3 is 0 Å². The lowest BCUT2D eigenvalue weighted by Crippen LogP contribution is -2.52. The number of aliphatic hydroxyl groups is 1. The van der Waals surface area contributed by atoms with E-state index >= 15 is 0 Å². The van der Waals surface area contributed by atoms with Crippen molar-refractivity contribution in [3.63, 3.8) is 0 Å². The normalized spacial score (nSPS) is 17.8. The summed E-state index contributed by atoms with van der Waals surface area (Å²) in [7, 11) is 0. The van der Waals surface area contributed by atoms with Crippen molar-refractivity contribution in [3.05, 3.63) is 22.7 Å². The summed E-state index contributed by atoms with van der Waals surface area (Å²) in [6.07, 6.45) is 2.37. The van der Waals surface area contributed by atoms with E-state index in [-0.39, 0.29) is 29.3 Å². The molecule has 21 heavy (non-hydrogen) atoms. The molecule has 1 aliphatic heterocycles. The number of carbonyl (C=O) groups is 1. The Morgan fingerprint density at radius 2 is 2.10 bits per heavy atom. The second kappa shape index (κ2) is 7.15. The van der Waals surface area contributed by atoms with Gasteiger partial charge in [-0.15, -0.1) is 0 Å². The van der Waals surface area contributed by atoms with Gasteiger partial charge in [0.1, 0.15) is 5.82 Å². The minimum Gasteiger partial charge on any atom is -0.395 e. The molecule has 116 valence electrons. The summed E-state index contributed by atoms with van der Waals surface area (Å²) in [5.74, 6) is 0.384. The van der Waals surface area contributed by atoms with E-state index in [1.165, 1.54) is 6.20 Å². The highest BCUT2D eigenvalue weighted by atomic mass is 35.5. The van der Waals surface area contributed by atoms with E-state index in [1.54, 1.807) is 11.8 Å². The van der Waals surface area contributed by atoms with Gasteiger partial charge in [0, 0.05) is 32.2 Å². The zero-order valence-electron chi connectivity index (χ0n) is 12.4. The minimum atomic E-state index is -0.151. The Bertz CT molecular complexity index is 500. The number of piperazine rings is 1. The molecule has 0 bridgehead atoms. The van der Waals surface area contributed by atoms with Crippen molar-refractivity contribution in [1.29, 1.82) is 0 Å². The number of carbonyl (C=O) groups excluding carboxylic acids is 1. The minimum absolute atomic E-state index is 0.151. The Morgan fingerprint density at radius 1 is 1.43 bits per heavy atom. The quantitative estimate of drug-likeness (QED) is 0.897. The van der Waals surface area contributed by atoms with Gasteiger partial charge in [-0.05, 0) is 13.3 Å². The van der Waals surface area contributed by atoms with Crippen molar-refractivity contribution in [2.75, 3.05) is 32.8 Å². The summed E-state index contributed by atoms with van der Waals surface area (Å²) in [6.45, 7) is 6.70. The lowest BCUT2D eigenvalue weighted by atomic mass is 10.1. The highest BCUT2D eigenvalue weighted by Gasteiger charge is 2.27. The van der Waals surface area contributed by atoms with Crippen LogP contribution >= 0.6 is 11.6 Å². The summed E-state index contributed by atoms with van der Waals surface area (Å²) >= 11 is 6.02. The molecule has 0 aromatic carbocycles. The number of hydrogen-bond acceptors (Lipinski definition) is 5. The molecule has 1 aromatic rings. The first-order chi connectivity index (χ1) is 10.1. The van der Waals surface area contributed by atoms with Gasteiger partial charge in [-0.3, -0.25) is 9.69 Å². The lowest BCUT2D eigenvalue weighted by molar-refractivity contribution is 0.0468. The maximum atomic E-state index is 12.5. The van der Waals surface area contributed by atoms with Crippen LogP contribution in [0, 0.1) is 6.92 Å². The number of rotatable bonds is 4. The summed E-state index contributed by atoms with van der Waals surface area (Å²) in [5.41, 5.74) is 0.270. The van der Waals surface area contributed by atoms with Crippen LogP contribution < -0.4 is 0 Å². The average Bonchev–Trinajstić information content (AvgIpc) is 2.51. The predicted octanol–water partition coefficient (Wildman–Crippen LogP) is 0.967. The fourth-order valence-corrected chi connectivity index (χ4v) is 2.72. The van der Waals surface area contributed by atoms with Gasteiger partial charge in [0.25, 0.3) is 5.91 Å². The van der Waals surface area contributed by atoms with Gasteiger partial charge in [-0.2, -0.15) is 0 Å². The van der Waals surface area contributed by atoms with E-state index in [1.807, 2.05) is 0 Å². The third-order valence-electron chi connectivity index (χ3n) is 3.87. The van der Waals surface area contributed by atoms with E-state index in [2.05, 4.69) is 21.8 Å². The first-order valence-corrected chi connectivity index (χ1v) is 7.58. The Labute approximate surface area is 129 Å². The van der Waals surface area contributed by atoms with Gasteiger partial charge in [0.2, 0.25) is 0 Å². The highest BCUT2D eigenvalue weighted by Crippen LogP contribution is 2.16. The van der Waals surface area contributed by atoms with Gasteiger partial charge in [0.05, 0.1) is 17.8 Å². The average molecular weight is 313 g/mol. The lowest BCUT2D eigenvalue weighted by Gasteiger charge is -2.38.